The molecule has 0 unspecified atom stereocenters. The second-order valence-corrected chi connectivity index (χ2v) is 6.55. The molecule has 3 rings (SSSR count). The maximum absolute atomic E-state index is 12.8. The predicted octanol–water partition coefficient (Wildman–Crippen LogP) is 4.98. The summed E-state index contributed by atoms with van der Waals surface area (Å²) in [5.74, 6) is 0.627. The van der Waals surface area contributed by atoms with E-state index in [0.717, 1.165) is 36.1 Å². The number of aromatic nitrogens is 1. The Bertz CT molecular complexity index is 914. The second kappa shape index (κ2) is 9.58. The Kier molecular flexibility index (Phi) is 6.64. The van der Waals surface area contributed by atoms with Crippen LogP contribution in [0.25, 0.3) is 0 Å². The summed E-state index contributed by atoms with van der Waals surface area (Å²) in [6, 6.07) is 23.6. The molecule has 0 spiro atoms. The maximum Gasteiger partial charge on any atom is 0.254 e. The third kappa shape index (κ3) is 5.45. The summed E-state index contributed by atoms with van der Waals surface area (Å²) in [7, 11) is 0. The molecule has 0 bridgehead atoms. The molecule has 0 aliphatic heterocycles. The first-order chi connectivity index (χ1) is 13.3. The van der Waals surface area contributed by atoms with E-state index in [9.17, 15) is 4.79 Å². The van der Waals surface area contributed by atoms with Crippen LogP contribution in [0.2, 0.25) is 0 Å². The lowest BCUT2D eigenvalue weighted by Gasteiger charge is -2.15. The first-order valence-corrected chi connectivity index (χ1v) is 9.31. The molecule has 3 heteroatoms. The van der Waals surface area contributed by atoms with Gasteiger partial charge in [-0.2, -0.15) is 0 Å². The Balaban J connectivity index is 1.83. The molecule has 0 saturated heterocycles. The van der Waals surface area contributed by atoms with Gasteiger partial charge in [-0.05, 0) is 36.5 Å². The largest absolute Gasteiger partial charge is 0.489 e. The molecule has 0 atom stereocenters. The van der Waals surface area contributed by atoms with Gasteiger partial charge < -0.3 is 9.30 Å². The molecule has 0 aliphatic carbocycles. The molecule has 0 N–H and O–H groups in total. The quantitative estimate of drug-likeness (QED) is 0.398. The molecule has 0 fully saturated rings. The van der Waals surface area contributed by atoms with Crippen LogP contribution in [-0.4, -0.2) is 4.57 Å². The van der Waals surface area contributed by atoms with E-state index in [-0.39, 0.29) is 5.56 Å². The van der Waals surface area contributed by atoms with E-state index in [1.807, 2.05) is 77.4 Å². The number of ether oxygens (including phenoxy) is 1. The van der Waals surface area contributed by atoms with Gasteiger partial charge in [-0.3, -0.25) is 4.79 Å². The summed E-state index contributed by atoms with van der Waals surface area (Å²) in [6.07, 6.45) is 4.61. The number of aryl methyl sites for hydroxylation is 1. The van der Waals surface area contributed by atoms with Crippen molar-refractivity contribution < 1.29 is 4.74 Å². The van der Waals surface area contributed by atoms with E-state index in [1.165, 1.54) is 0 Å². The van der Waals surface area contributed by atoms with Crippen molar-refractivity contribution in [2.75, 3.05) is 0 Å². The van der Waals surface area contributed by atoms with E-state index in [0.29, 0.717) is 18.9 Å². The van der Waals surface area contributed by atoms with Crippen LogP contribution in [0, 0.1) is 0 Å². The molecule has 0 saturated carbocycles. The van der Waals surface area contributed by atoms with E-state index < -0.39 is 0 Å². The molecule has 3 aromatic rings. The van der Waals surface area contributed by atoms with Crippen LogP contribution in [0.3, 0.4) is 0 Å². The average molecular weight is 359 g/mol. The van der Waals surface area contributed by atoms with Crippen molar-refractivity contribution in [3.8, 4) is 5.75 Å². The minimum atomic E-state index is -0.0296. The number of hydrogen-bond acceptors (Lipinski definition) is 2. The summed E-state index contributed by atoms with van der Waals surface area (Å²) < 4.78 is 7.73. The number of allylic oxidation sites excluding steroid dienone is 1. The molecule has 2 aromatic carbocycles. The van der Waals surface area contributed by atoms with Crippen molar-refractivity contribution >= 4 is 0 Å². The Labute approximate surface area is 160 Å². The summed E-state index contributed by atoms with van der Waals surface area (Å²) in [5, 5.41) is 0. The molecule has 138 valence electrons. The van der Waals surface area contributed by atoms with Gasteiger partial charge in [-0.15, -0.1) is 6.58 Å². The highest BCUT2D eigenvalue weighted by molar-refractivity contribution is 5.26. The Morgan fingerprint density at radius 1 is 0.926 bits per heavy atom. The lowest BCUT2D eigenvalue weighted by Crippen LogP contribution is -2.24. The number of benzene rings is 2. The van der Waals surface area contributed by atoms with Gasteiger partial charge in [0.1, 0.15) is 12.4 Å². The predicted molar refractivity (Wildman–Crippen MR) is 110 cm³/mol. The number of hydrogen-bond donors (Lipinski definition) is 0. The highest BCUT2D eigenvalue weighted by Crippen LogP contribution is 2.16. The van der Waals surface area contributed by atoms with Crippen LogP contribution >= 0.6 is 0 Å². The SMILES string of the molecule is C=CCCCc1cc(OCc2ccccc2)cc(=O)n1Cc1ccccc1. The van der Waals surface area contributed by atoms with Crippen LogP contribution in [0.1, 0.15) is 29.7 Å². The van der Waals surface area contributed by atoms with Crippen molar-refractivity contribution in [2.24, 2.45) is 0 Å². The van der Waals surface area contributed by atoms with Gasteiger partial charge in [-0.1, -0.05) is 66.7 Å². The molecule has 27 heavy (non-hydrogen) atoms. The summed E-state index contributed by atoms with van der Waals surface area (Å²) >= 11 is 0. The van der Waals surface area contributed by atoms with Crippen molar-refractivity contribution in [1.29, 1.82) is 0 Å². The Hall–Kier alpha value is -3.07. The Morgan fingerprint density at radius 2 is 1.59 bits per heavy atom. The monoisotopic (exact) mass is 359 g/mol. The normalized spacial score (nSPS) is 10.5. The van der Waals surface area contributed by atoms with Gasteiger partial charge in [0.25, 0.3) is 5.56 Å². The average Bonchev–Trinajstić information content (AvgIpc) is 2.70. The lowest BCUT2D eigenvalue weighted by molar-refractivity contribution is 0.304. The topological polar surface area (TPSA) is 31.2 Å². The minimum Gasteiger partial charge on any atom is -0.489 e. The van der Waals surface area contributed by atoms with Crippen molar-refractivity contribution in [1.82, 2.24) is 4.57 Å². The van der Waals surface area contributed by atoms with Crippen molar-refractivity contribution in [3.05, 3.63) is 113 Å². The van der Waals surface area contributed by atoms with Crippen LogP contribution in [-0.2, 0) is 19.6 Å². The fourth-order valence-electron chi connectivity index (χ4n) is 3.03. The van der Waals surface area contributed by atoms with Gasteiger partial charge in [0.15, 0.2) is 0 Å². The molecule has 0 aliphatic rings. The van der Waals surface area contributed by atoms with Crippen LogP contribution in [0.15, 0.2) is 90.2 Å². The first-order valence-electron chi connectivity index (χ1n) is 9.31. The van der Waals surface area contributed by atoms with E-state index in [1.54, 1.807) is 6.07 Å². The maximum atomic E-state index is 12.8. The second-order valence-electron chi connectivity index (χ2n) is 6.55. The lowest BCUT2D eigenvalue weighted by atomic mass is 10.1. The molecular weight excluding hydrogens is 334 g/mol. The van der Waals surface area contributed by atoms with Gasteiger partial charge in [-0.25, -0.2) is 0 Å². The van der Waals surface area contributed by atoms with E-state index in [4.69, 9.17) is 4.74 Å². The molecule has 0 radical (unpaired) electrons. The van der Waals surface area contributed by atoms with Gasteiger partial charge >= 0.3 is 0 Å². The fourth-order valence-corrected chi connectivity index (χ4v) is 3.03. The zero-order valence-electron chi connectivity index (χ0n) is 15.5. The van der Waals surface area contributed by atoms with Gasteiger partial charge in [0.2, 0.25) is 0 Å². The van der Waals surface area contributed by atoms with E-state index in [2.05, 4.69) is 6.58 Å². The van der Waals surface area contributed by atoms with Crippen LogP contribution in [0.5, 0.6) is 5.75 Å². The summed E-state index contributed by atoms with van der Waals surface area (Å²) in [4.78, 5) is 12.8. The van der Waals surface area contributed by atoms with Crippen molar-refractivity contribution in [2.45, 2.75) is 32.4 Å². The number of unbranched alkanes of at least 4 members (excludes halogenated alkanes) is 1. The zero-order valence-corrected chi connectivity index (χ0v) is 15.5. The third-order valence-corrected chi connectivity index (χ3v) is 4.46. The highest BCUT2D eigenvalue weighted by Gasteiger charge is 2.09. The summed E-state index contributed by atoms with van der Waals surface area (Å²) in [5.41, 5.74) is 3.16. The molecule has 1 aromatic heterocycles. The number of pyridine rings is 1. The smallest absolute Gasteiger partial charge is 0.254 e. The summed E-state index contributed by atoms with van der Waals surface area (Å²) in [6.45, 7) is 4.81. The van der Waals surface area contributed by atoms with Crippen molar-refractivity contribution in [3.63, 3.8) is 0 Å². The zero-order chi connectivity index (χ0) is 18.9. The highest BCUT2D eigenvalue weighted by atomic mass is 16.5. The van der Waals surface area contributed by atoms with Gasteiger partial charge in [0, 0.05) is 11.8 Å². The minimum absolute atomic E-state index is 0.0296. The van der Waals surface area contributed by atoms with Crippen LogP contribution < -0.4 is 10.3 Å². The van der Waals surface area contributed by atoms with Gasteiger partial charge in [0.05, 0.1) is 6.54 Å². The molecule has 3 nitrogen and oxygen atoms in total. The standard InChI is InChI=1S/C24H25NO2/c1-2-3-6-15-22-16-23(27-19-21-13-9-5-10-14-21)17-24(26)25(22)18-20-11-7-4-8-12-20/h2,4-5,7-14,16-17H,1,3,6,15,18-19H2. The molecule has 1 heterocycles. The molecular formula is C24H25NO2. The van der Waals surface area contributed by atoms with Crippen LogP contribution in [0.4, 0.5) is 0 Å². The first kappa shape index (κ1) is 18.7. The third-order valence-electron chi connectivity index (χ3n) is 4.46. The Morgan fingerprint density at radius 3 is 2.26 bits per heavy atom. The molecule has 0 amide bonds. The number of rotatable bonds is 9. The number of nitrogens with zero attached hydrogens (tertiary/aromatic N) is 1. The van der Waals surface area contributed by atoms with E-state index >= 15 is 0 Å². The fraction of sp³-hybridized carbons (Fsp3) is 0.208.